The van der Waals surface area contributed by atoms with E-state index in [1.807, 2.05) is 24.3 Å². The van der Waals surface area contributed by atoms with E-state index in [2.05, 4.69) is 22.2 Å². The maximum Gasteiger partial charge on any atom is 0.137 e. The van der Waals surface area contributed by atoms with Gasteiger partial charge in [-0.15, -0.1) is 0 Å². The van der Waals surface area contributed by atoms with Crippen molar-refractivity contribution >= 4 is 16.7 Å². The zero-order valence-corrected chi connectivity index (χ0v) is 9.40. The summed E-state index contributed by atoms with van der Waals surface area (Å²) in [6.07, 6.45) is 0.835. The van der Waals surface area contributed by atoms with E-state index in [1.165, 1.54) is 0 Å². The second-order valence-corrected chi connectivity index (χ2v) is 3.57. The molecule has 84 valence electrons. The molecule has 0 bridgehead atoms. The van der Waals surface area contributed by atoms with Gasteiger partial charge in [-0.1, -0.05) is 19.1 Å². The smallest absolute Gasteiger partial charge is 0.137 e. The van der Waals surface area contributed by atoms with Crippen molar-refractivity contribution in [3.63, 3.8) is 0 Å². The molecule has 0 aliphatic heterocycles. The van der Waals surface area contributed by atoms with Crippen LogP contribution in [-0.4, -0.2) is 23.1 Å². The Morgan fingerprint density at radius 2 is 2.06 bits per heavy atom. The molecular weight excluding hydrogens is 200 g/mol. The summed E-state index contributed by atoms with van der Waals surface area (Å²) < 4.78 is 0. The third-order valence-corrected chi connectivity index (χ3v) is 2.40. The van der Waals surface area contributed by atoms with Crippen LogP contribution in [0.25, 0.3) is 10.9 Å². The van der Waals surface area contributed by atoms with Crippen LogP contribution < -0.4 is 11.1 Å². The lowest BCUT2D eigenvalue weighted by Gasteiger charge is -2.09. The fraction of sp³-hybridized carbons (Fsp3) is 0.333. The van der Waals surface area contributed by atoms with Crippen molar-refractivity contribution in [1.29, 1.82) is 0 Å². The molecule has 0 spiro atoms. The molecule has 0 fully saturated rings. The Morgan fingerprint density at radius 1 is 1.25 bits per heavy atom. The van der Waals surface area contributed by atoms with Crippen LogP contribution in [0.1, 0.15) is 12.7 Å². The average Bonchev–Trinajstić information content (AvgIpc) is 2.35. The topological polar surface area (TPSA) is 63.8 Å². The van der Waals surface area contributed by atoms with Crippen LogP contribution in [0, 0.1) is 0 Å². The molecule has 4 heteroatoms. The summed E-state index contributed by atoms with van der Waals surface area (Å²) in [4.78, 5) is 8.96. The largest absolute Gasteiger partial charge is 0.368 e. The number of para-hydroxylation sites is 1. The number of nitrogens with zero attached hydrogens (tertiary/aromatic N) is 2. The van der Waals surface area contributed by atoms with Crippen molar-refractivity contribution in [1.82, 2.24) is 9.97 Å². The van der Waals surface area contributed by atoms with Gasteiger partial charge in [0.25, 0.3) is 0 Å². The van der Waals surface area contributed by atoms with Crippen LogP contribution in [0.4, 0.5) is 5.82 Å². The van der Waals surface area contributed by atoms with Gasteiger partial charge in [0.1, 0.15) is 11.6 Å². The first-order valence-electron chi connectivity index (χ1n) is 5.54. The van der Waals surface area contributed by atoms with Crippen molar-refractivity contribution in [3.05, 3.63) is 30.1 Å². The summed E-state index contributed by atoms with van der Waals surface area (Å²) in [7, 11) is 0. The number of nitrogens with one attached hydrogen (secondary N) is 1. The normalized spacial score (nSPS) is 10.6. The van der Waals surface area contributed by atoms with Gasteiger partial charge in [0.2, 0.25) is 0 Å². The van der Waals surface area contributed by atoms with Crippen LogP contribution in [0.15, 0.2) is 24.3 Å². The average molecular weight is 216 g/mol. The SMILES string of the molecule is CCc1nc(NCCN)c2ccccc2n1. The minimum absolute atomic E-state index is 0.597. The van der Waals surface area contributed by atoms with Gasteiger partial charge in [-0.3, -0.25) is 0 Å². The number of anilines is 1. The van der Waals surface area contributed by atoms with Crippen LogP contribution >= 0.6 is 0 Å². The Morgan fingerprint density at radius 3 is 2.81 bits per heavy atom. The van der Waals surface area contributed by atoms with Crippen molar-refractivity contribution < 1.29 is 0 Å². The first kappa shape index (κ1) is 10.8. The van der Waals surface area contributed by atoms with E-state index >= 15 is 0 Å². The summed E-state index contributed by atoms with van der Waals surface area (Å²) in [5.74, 6) is 1.74. The van der Waals surface area contributed by atoms with Crippen molar-refractivity contribution in [2.45, 2.75) is 13.3 Å². The fourth-order valence-electron chi connectivity index (χ4n) is 1.61. The number of hydrogen-bond acceptors (Lipinski definition) is 4. The van der Waals surface area contributed by atoms with Gasteiger partial charge in [-0.25, -0.2) is 9.97 Å². The van der Waals surface area contributed by atoms with Crippen LogP contribution in [0.5, 0.6) is 0 Å². The van der Waals surface area contributed by atoms with Gasteiger partial charge in [0.15, 0.2) is 0 Å². The van der Waals surface area contributed by atoms with Crippen LogP contribution in [0.3, 0.4) is 0 Å². The van der Waals surface area contributed by atoms with Gasteiger partial charge >= 0.3 is 0 Å². The maximum absolute atomic E-state index is 5.49. The second-order valence-electron chi connectivity index (χ2n) is 3.57. The first-order chi connectivity index (χ1) is 7.85. The number of hydrogen-bond donors (Lipinski definition) is 2. The van der Waals surface area contributed by atoms with Crippen LogP contribution in [0.2, 0.25) is 0 Å². The third-order valence-electron chi connectivity index (χ3n) is 2.40. The number of fused-ring (bicyclic) bond motifs is 1. The summed E-state index contributed by atoms with van der Waals surface area (Å²) in [6, 6.07) is 8.00. The third kappa shape index (κ3) is 2.12. The summed E-state index contributed by atoms with van der Waals surface area (Å²) in [5.41, 5.74) is 6.47. The lowest BCUT2D eigenvalue weighted by molar-refractivity contribution is 0.946. The highest BCUT2D eigenvalue weighted by molar-refractivity contribution is 5.88. The molecule has 2 aromatic rings. The molecule has 0 aliphatic carbocycles. The van der Waals surface area contributed by atoms with Crippen molar-refractivity contribution in [3.8, 4) is 0 Å². The predicted molar refractivity (Wildman–Crippen MR) is 66.5 cm³/mol. The van der Waals surface area contributed by atoms with Gasteiger partial charge in [-0.05, 0) is 12.1 Å². The lowest BCUT2D eigenvalue weighted by atomic mass is 10.2. The Balaban J connectivity index is 2.50. The zero-order valence-electron chi connectivity index (χ0n) is 9.40. The highest BCUT2D eigenvalue weighted by Gasteiger charge is 2.05. The molecule has 16 heavy (non-hydrogen) atoms. The van der Waals surface area contributed by atoms with Gasteiger partial charge in [0, 0.05) is 24.9 Å². The number of rotatable bonds is 4. The Labute approximate surface area is 94.9 Å². The van der Waals surface area contributed by atoms with E-state index in [0.29, 0.717) is 6.54 Å². The lowest BCUT2D eigenvalue weighted by Crippen LogP contribution is -2.14. The first-order valence-corrected chi connectivity index (χ1v) is 5.54. The van der Waals surface area contributed by atoms with E-state index in [4.69, 9.17) is 5.73 Å². The standard InChI is InChI=1S/C12H16N4/c1-2-11-15-10-6-4-3-5-9(10)12(16-11)14-8-7-13/h3-6H,2,7-8,13H2,1H3,(H,14,15,16). The quantitative estimate of drug-likeness (QED) is 0.814. The summed E-state index contributed by atoms with van der Waals surface area (Å²) >= 11 is 0. The predicted octanol–water partition coefficient (Wildman–Crippen LogP) is 1.56. The molecule has 0 amide bonds. The Kier molecular flexibility index (Phi) is 3.31. The molecule has 1 aromatic carbocycles. The van der Waals surface area contributed by atoms with E-state index < -0.39 is 0 Å². The fourth-order valence-corrected chi connectivity index (χ4v) is 1.61. The summed E-state index contributed by atoms with van der Waals surface area (Å²) in [5, 5.41) is 4.29. The molecular formula is C12H16N4. The maximum atomic E-state index is 5.49. The summed E-state index contributed by atoms with van der Waals surface area (Å²) in [6.45, 7) is 3.38. The molecule has 0 unspecified atom stereocenters. The number of nitrogens with two attached hydrogens (primary N) is 1. The highest BCUT2D eigenvalue weighted by atomic mass is 15.0. The Hall–Kier alpha value is -1.68. The number of aryl methyl sites for hydroxylation is 1. The molecule has 2 rings (SSSR count). The van der Waals surface area contributed by atoms with Gasteiger partial charge in [-0.2, -0.15) is 0 Å². The van der Waals surface area contributed by atoms with Gasteiger partial charge < -0.3 is 11.1 Å². The van der Waals surface area contributed by atoms with E-state index in [0.717, 1.165) is 35.5 Å². The number of benzene rings is 1. The number of aromatic nitrogens is 2. The second kappa shape index (κ2) is 4.90. The molecule has 4 nitrogen and oxygen atoms in total. The molecule has 1 aromatic heterocycles. The highest BCUT2D eigenvalue weighted by Crippen LogP contribution is 2.19. The monoisotopic (exact) mass is 216 g/mol. The Bertz CT molecular complexity index is 481. The van der Waals surface area contributed by atoms with Crippen molar-refractivity contribution in [2.24, 2.45) is 5.73 Å². The van der Waals surface area contributed by atoms with E-state index in [9.17, 15) is 0 Å². The van der Waals surface area contributed by atoms with Crippen molar-refractivity contribution in [2.75, 3.05) is 18.4 Å². The van der Waals surface area contributed by atoms with Gasteiger partial charge in [0.05, 0.1) is 5.52 Å². The molecule has 1 heterocycles. The minimum Gasteiger partial charge on any atom is -0.368 e. The zero-order chi connectivity index (χ0) is 11.4. The molecule has 3 N–H and O–H groups in total. The van der Waals surface area contributed by atoms with E-state index in [-0.39, 0.29) is 0 Å². The molecule has 0 radical (unpaired) electrons. The molecule has 0 saturated carbocycles. The minimum atomic E-state index is 0.597. The van der Waals surface area contributed by atoms with Crippen LogP contribution in [-0.2, 0) is 6.42 Å². The molecule has 0 aliphatic rings. The molecule has 0 saturated heterocycles. The molecule has 0 atom stereocenters. The van der Waals surface area contributed by atoms with E-state index in [1.54, 1.807) is 0 Å².